The van der Waals surface area contributed by atoms with Crippen LogP contribution in [0, 0.1) is 0 Å². The van der Waals surface area contributed by atoms with Crippen LogP contribution in [0.25, 0.3) is 0 Å². The summed E-state index contributed by atoms with van der Waals surface area (Å²) in [6.07, 6.45) is 75.1. The molecular weight excluding hydrogens is 900 g/mol. The molecule has 8 nitrogen and oxygen atoms in total. The van der Waals surface area contributed by atoms with E-state index in [9.17, 15) is 19.4 Å². The molecule has 0 heterocycles. The van der Waals surface area contributed by atoms with E-state index >= 15 is 0 Å². The predicted molar refractivity (Wildman–Crippen MR) is 309 cm³/mol. The Morgan fingerprint density at radius 1 is 0.493 bits per heavy atom. The van der Waals surface area contributed by atoms with Gasteiger partial charge in [0.25, 0.3) is 0 Å². The number of unbranched alkanes of at least 4 members (excludes halogenated alkanes) is 25. The first-order chi connectivity index (χ1) is 34.5. The SMILES string of the molecule is CC/C=C\C/C=C\C/C=C\C/C=C\C/C=C\C/C=C\C/C=C\CCCCCCCCCCCCCCCC(=O)NC(COP(=O)(O)OCC[N+](C)(C)C)C(O)/C=C/CCCCCCCCCCCCCC. The minimum Gasteiger partial charge on any atom is -0.387 e. The van der Waals surface area contributed by atoms with Gasteiger partial charge >= 0.3 is 7.82 Å². The number of nitrogens with one attached hydrogen (secondary N) is 1. The Labute approximate surface area is 439 Å². The fraction of sp³-hybridized carbons (Fsp3) is 0.726. The molecule has 0 rings (SSSR count). The summed E-state index contributed by atoms with van der Waals surface area (Å²) in [5.41, 5.74) is 0. The van der Waals surface area contributed by atoms with Crippen molar-refractivity contribution in [3.63, 3.8) is 0 Å². The Morgan fingerprint density at radius 3 is 1.24 bits per heavy atom. The molecule has 410 valence electrons. The molecule has 0 aromatic rings. The summed E-state index contributed by atoms with van der Waals surface area (Å²) in [6.45, 7) is 4.70. The molecule has 1 amide bonds. The number of carbonyl (C=O) groups is 1. The van der Waals surface area contributed by atoms with Crippen LogP contribution >= 0.6 is 7.82 Å². The number of allylic oxidation sites excluding steroid dienone is 15. The number of likely N-dealkylation sites (N-methyl/N-ethyl adjacent to an activating group) is 1. The molecule has 9 heteroatoms. The van der Waals surface area contributed by atoms with Gasteiger partial charge in [-0.2, -0.15) is 0 Å². The molecule has 0 radical (unpaired) electrons. The molecule has 0 fully saturated rings. The number of aliphatic hydroxyl groups is 1. The molecule has 0 aromatic heterocycles. The van der Waals surface area contributed by atoms with E-state index in [1.54, 1.807) is 6.08 Å². The number of nitrogens with zero attached hydrogens (tertiary/aromatic N) is 1. The summed E-state index contributed by atoms with van der Waals surface area (Å²) < 4.78 is 23.7. The van der Waals surface area contributed by atoms with E-state index in [2.05, 4.69) is 104 Å². The maximum Gasteiger partial charge on any atom is 0.472 e. The molecule has 0 aromatic carbocycles. The van der Waals surface area contributed by atoms with Crippen molar-refractivity contribution in [2.24, 2.45) is 0 Å². The third-order valence-electron chi connectivity index (χ3n) is 12.6. The van der Waals surface area contributed by atoms with Gasteiger partial charge in [-0.05, 0) is 77.0 Å². The van der Waals surface area contributed by atoms with Gasteiger partial charge in [0.15, 0.2) is 0 Å². The first kappa shape index (κ1) is 68.4. The molecule has 0 saturated carbocycles. The molecule has 3 atom stereocenters. The first-order valence-electron chi connectivity index (χ1n) is 29.1. The molecule has 3 N–H and O–H groups in total. The van der Waals surface area contributed by atoms with Gasteiger partial charge < -0.3 is 19.8 Å². The predicted octanol–water partition coefficient (Wildman–Crippen LogP) is 17.8. The summed E-state index contributed by atoms with van der Waals surface area (Å²) in [5, 5.41) is 13.9. The van der Waals surface area contributed by atoms with Crippen molar-refractivity contribution >= 4 is 13.7 Å². The zero-order chi connectivity index (χ0) is 52.0. The average Bonchev–Trinajstić information content (AvgIpc) is 3.33. The van der Waals surface area contributed by atoms with E-state index in [4.69, 9.17) is 9.05 Å². The van der Waals surface area contributed by atoms with Crippen LogP contribution in [0.15, 0.2) is 97.2 Å². The van der Waals surface area contributed by atoms with E-state index < -0.39 is 20.0 Å². The van der Waals surface area contributed by atoms with Gasteiger partial charge in [-0.3, -0.25) is 13.8 Å². The molecule has 0 bridgehead atoms. The largest absolute Gasteiger partial charge is 0.472 e. The topological polar surface area (TPSA) is 105 Å². The maximum absolute atomic E-state index is 13.0. The second kappa shape index (κ2) is 52.3. The van der Waals surface area contributed by atoms with Crippen LogP contribution < -0.4 is 5.32 Å². The minimum atomic E-state index is -4.35. The molecule has 0 aliphatic carbocycles. The van der Waals surface area contributed by atoms with Gasteiger partial charge in [-0.15, -0.1) is 0 Å². The fourth-order valence-corrected chi connectivity index (χ4v) is 8.76. The highest BCUT2D eigenvalue weighted by Crippen LogP contribution is 2.43. The number of hydrogen-bond acceptors (Lipinski definition) is 5. The van der Waals surface area contributed by atoms with E-state index in [-0.39, 0.29) is 19.1 Å². The number of phosphoric acid groups is 1. The van der Waals surface area contributed by atoms with Gasteiger partial charge in [0, 0.05) is 6.42 Å². The molecule has 0 aliphatic heterocycles. The van der Waals surface area contributed by atoms with Crippen molar-refractivity contribution in [3.8, 4) is 0 Å². The van der Waals surface area contributed by atoms with Gasteiger partial charge in [-0.25, -0.2) is 4.57 Å². The first-order valence-corrected chi connectivity index (χ1v) is 30.6. The van der Waals surface area contributed by atoms with Crippen LogP contribution in [0.1, 0.15) is 239 Å². The lowest BCUT2D eigenvalue weighted by Crippen LogP contribution is -2.45. The summed E-state index contributed by atoms with van der Waals surface area (Å²) in [4.78, 5) is 23.3. The lowest BCUT2D eigenvalue weighted by Gasteiger charge is -2.25. The number of phosphoric ester groups is 1. The van der Waals surface area contributed by atoms with E-state index in [1.165, 1.54) is 135 Å². The van der Waals surface area contributed by atoms with Crippen molar-refractivity contribution in [1.82, 2.24) is 5.32 Å². The Bertz CT molecular complexity index is 1470. The van der Waals surface area contributed by atoms with Crippen LogP contribution in [-0.4, -0.2) is 73.4 Å². The Hall–Kier alpha value is -2.58. The third-order valence-corrected chi connectivity index (χ3v) is 13.5. The summed E-state index contributed by atoms with van der Waals surface area (Å²) in [6, 6.07) is -0.851. The van der Waals surface area contributed by atoms with Crippen molar-refractivity contribution < 1.29 is 32.9 Å². The van der Waals surface area contributed by atoms with Gasteiger partial charge in [-0.1, -0.05) is 252 Å². The van der Waals surface area contributed by atoms with E-state index in [1.807, 2.05) is 27.2 Å². The van der Waals surface area contributed by atoms with Crippen molar-refractivity contribution in [2.75, 3.05) is 40.9 Å². The van der Waals surface area contributed by atoms with Crippen LogP contribution in [0.3, 0.4) is 0 Å². The normalized spacial score (nSPS) is 14.6. The fourth-order valence-electron chi connectivity index (χ4n) is 8.02. The number of hydrogen-bond donors (Lipinski definition) is 3. The van der Waals surface area contributed by atoms with Gasteiger partial charge in [0.05, 0.1) is 39.9 Å². The Balaban J connectivity index is 4.09. The van der Waals surface area contributed by atoms with E-state index in [0.29, 0.717) is 17.4 Å². The van der Waals surface area contributed by atoms with E-state index in [0.717, 1.165) is 83.5 Å². The molecule has 0 aliphatic rings. The second-order valence-corrected chi connectivity index (χ2v) is 22.1. The van der Waals surface area contributed by atoms with Gasteiger partial charge in [0.1, 0.15) is 13.2 Å². The van der Waals surface area contributed by atoms with Crippen molar-refractivity contribution in [3.05, 3.63) is 97.2 Å². The molecule has 0 saturated heterocycles. The highest BCUT2D eigenvalue weighted by molar-refractivity contribution is 7.47. The standard InChI is InChI=1S/C62H111N2O6P/c1-6-8-10-12-14-16-18-20-22-23-24-25-26-27-28-29-30-31-32-33-34-35-36-37-38-39-40-41-42-44-46-48-50-52-54-56-62(66)63-60(59-70-71(67,68)69-58-57-64(3,4)5)61(65)55-53-51-49-47-45-43-21-19-17-15-13-11-9-7-2/h8,10,14,16,20,22,24-25,27-28,30-31,33-34,53,55,60-61,65H,6-7,9,11-13,15,17-19,21,23,26,29,32,35-52,54,56-59H2,1-5H3,(H-,63,66,67,68)/p+1/b10-8-,16-14-,22-20-,25-24-,28-27-,31-30-,34-33-,55-53+. The quantitative estimate of drug-likeness (QED) is 0.0243. The molecule has 71 heavy (non-hydrogen) atoms. The van der Waals surface area contributed by atoms with Crippen molar-refractivity contribution in [2.45, 2.75) is 251 Å². The monoisotopic (exact) mass is 1010 g/mol. The number of carbonyl (C=O) groups excluding carboxylic acids is 1. The summed E-state index contributed by atoms with van der Waals surface area (Å²) >= 11 is 0. The molecule has 3 unspecified atom stereocenters. The van der Waals surface area contributed by atoms with Crippen molar-refractivity contribution in [1.29, 1.82) is 0 Å². The zero-order valence-electron chi connectivity index (χ0n) is 46.7. The molecule has 0 spiro atoms. The highest BCUT2D eigenvalue weighted by Gasteiger charge is 2.27. The van der Waals surface area contributed by atoms with Crippen LogP contribution in [0.4, 0.5) is 0 Å². The number of amides is 1. The number of aliphatic hydroxyl groups excluding tert-OH is 1. The van der Waals surface area contributed by atoms with Crippen LogP contribution in [0.2, 0.25) is 0 Å². The lowest BCUT2D eigenvalue weighted by atomic mass is 10.0. The Morgan fingerprint density at radius 2 is 0.845 bits per heavy atom. The minimum absolute atomic E-state index is 0.0581. The number of quaternary nitrogens is 1. The Kier molecular flexibility index (Phi) is 50.4. The van der Waals surface area contributed by atoms with Crippen LogP contribution in [-0.2, 0) is 18.4 Å². The lowest BCUT2D eigenvalue weighted by molar-refractivity contribution is -0.870. The highest BCUT2D eigenvalue weighted by atomic mass is 31.2. The third kappa shape index (κ3) is 55.0. The molecular formula is C62H112N2O6P+. The summed E-state index contributed by atoms with van der Waals surface area (Å²) in [5.74, 6) is -0.181. The average molecular weight is 1010 g/mol. The van der Waals surface area contributed by atoms with Crippen LogP contribution in [0.5, 0.6) is 0 Å². The zero-order valence-corrected chi connectivity index (χ0v) is 47.6. The number of rotatable bonds is 52. The summed E-state index contributed by atoms with van der Waals surface area (Å²) in [7, 11) is 1.56. The van der Waals surface area contributed by atoms with Gasteiger partial charge in [0.2, 0.25) is 5.91 Å². The second-order valence-electron chi connectivity index (χ2n) is 20.6. The maximum atomic E-state index is 13.0. The smallest absolute Gasteiger partial charge is 0.387 e.